The van der Waals surface area contributed by atoms with Crippen LogP contribution >= 0.6 is 0 Å². The summed E-state index contributed by atoms with van der Waals surface area (Å²) in [5.41, 5.74) is 3.88. The van der Waals surface area contributed by atoms with Crippen LogP contribution in [0.2, 0.25) is 0 Å². The van der Waals surface area contributed by atoms with Crippen molar-refractivity contribution >= 4 is 0 Å². The van der Waals surface area contributed by atoms with Gasteiger partial charge >= 0.3 is 0 Å². The molecule has 1 aromatic carbocycles. The van der Waals surface area contributed by atoms with E-state index in [4.69, 9.17) is 11.2 Å². The molecule has 0 saturated carbocycles. The lowest BCUT2D eigenvalue weighted by Gasteiger charge is -2.13. The van der Waals surface area contributed by atoms with E-state index >= 15 is 0 Å². The first-order chi connectivity index (χ1) is 7.70. The van der Waals surface area contributed by atoms with Crippen LogP contribution in [0.15, 0.2) is 12.1 Å². The van der Waals surface area contributed by atoms with Crippen molar-refractivity contribution in [3.05, 3.63) is 28.8 Å². The van der Waals surface area contributed by atoms with Crippen LogP contribution in [0.4, 0.5) is 0 Å². The van der Waals surface area contributed by atoms with Crippen LogP contribution in [0, 0.1) is 26.2 Å². The van der Waals surface area contributed by atoms with Gasteiger partial charge in [0.2, 0.25) is 0 Å². The Morgan fingerprint density at radius 3 is 2.62 bits per heavy atom. The van der Waals surface area contributed by atoms with Gasteiger partial charge in [-0.1, -0.05) is 13.0 Å². The molecule has 1 nitrogen and oxygen atoms in total. The summed E-state index contributed by atoms with van der Waals surface area (Å²) in [6.07, 6.45) is 8.08. The molecule has 0 saturated heterocycles. The van der Waals surface area contributed by atoms with Crippen LogP contribution in [0.5, 0.6) is 5.75 Å². The van der Waals surface area contributed by atoms with E-state index in [1.54, 1.807) is 0 Å². The maximum atomic E-state index is 5.69. The van der Waals surface area contributed by atoms with Gasteiger partial charge in [0, 0.05) is 6.42 Å². The molecule has 0 N–H and O–H groups in total. The number of aryl methyl sites for hydroxylation is 1. The minimum absolute atomic E-state index is 0.782. The number of rotatable bonds is 5. The van der Waals surface area contributed by atoms with E-state index in [0.29, 0.717) is 0 Å². The SMILES string of the molecule is C#CCCc1ccc(OCCC)c(C)c1C. The molecular weight excluding hydrogens is 196 g/mol. The number of hydrogen-bond donors (Lipinski definition) is 0. The molecule has 0 heterocycles. The second kappa shape index (κ2) is 6.23. The fourth-order valence-corrected chi connectivity index (χ4v) is 1.70. The molecule has 0 aliphatic heterocycles. The predicted molar refractivity (Wildman–Crippen MR) is 68.9 cm³/mol. The van der Waals surface area contributed by atoms with Gasteiger partial charge in [-0.15, -0.1) is 12.3 Å². The molecule has 0 fully saturated rings. The summed E-state index contributed by atoms with van der Waals surface area (Å²) in [7, 11) is 0. The average molecular weight is 216 g/mol. The normalized spacial score (nSPS) is 9.88. The second-order valence-corrected chi connectivity index (χ2v) is 4.03. The fourth-order valence-electron chi connectivity index (χ4n) is 1.70. The molecule has 16 heavy (non-hydrogen) atoms. The molecule has 0 aliphatic carbocycles. The molecule has 0 atom stereocenters. The van der Waals surface area contributed by atoms with Crippen LogP contribution in [-0.2, 0) is 6.42 Å². The van der Waals surface area contributed by atoms with Crippen molar-refractivity contribution in [2.75, 3.05) is 6.61 Å². The van der Waals surface area contributed by atoms with Crippen LogP contribution < -0.4 is 4.74 Å². The fraction of sp³-hybridized carbons (Fsp3) is 0.467. The zero-order valence-electron chi connectivity index (χ0n) is 10.5. The van der Waals surface area contributed by atoms with E-state index in [2.05, 4.69) is 38.8 Å². The van der Waals surface area contributed by atoms with Gasteiger partial charge < -0.3 is 4.74 Å². The highest BCUT2D eigenvalue weighted by Gasteiger charge is 2.06. The first kappa shape index (κ1) is 12.6. The topological polar surface area (TPSA) is 9.23 Å². The summed E-state index contributed by atoms with van der Waals surface area (Å²) in [4.78, 5) is 0. The zero-order valence-corrected chi connectivity index (χ0v) is 10.5. The summed E-state index contributed by atoms with van der Waals surface area (Å²) < 4.78 is 5.69. The summed E-state index contributed by atoms with van der Waals surface area (Å²) in [6.45, 7) is 7.15. The van der Waals surface area contributed by atoms with Gasteiger partial charge in [0.1, 0.15) is 5.75 Å². The Morgan fingerprint density at radius 2 is 2.00 bits per heavy atom. The van der Waals surface area contributed by atoms with Crippen molar-refractivity contribution in [2.45, 2.75) is 40.0 Å². The first-order valence-electron chi connectivity index (χ1n) is 5.86. The molecule has 0 bridgehead atoms. The monoisotopic (exact) mass is 216 g/mol. The van der Waals surface area contributed by atoms with Crippen LogP contribution in [0.1, 0.15) is 36.5 Å². The molecule has 0 aromatic heterocycles. The second-order valence-electron chi connectivity index (χ2n) is 4.03. The van der Waals surface area contributed by atoms with E-state index in [1.165, 1.54) is 16.7 Å². The molecule has 0 radical (unpaired) electrons. The van der Waals surface area contributed by atoms with Gasteiger partial charge in [0.15, 0.2) is 0 Å². The standard InChI is InChI=1S/C15H20O/c1-5-7-8-14-9-10-15(16-11-6-2)13(4)12(14)3/h1,9-10H,6-8,11H2,2-4H3. The lowest BCUT2D eigenvalue weighted by molar-refractivity contribution is 0.315. The number of ether oxygens (including phenoxy) is 1. The quantitative estimate of drug-likeness (QED) is 0.682. The minimum atomic E-state index is 0.782. The molecule has 1 heteroatoms. The van der Waals surface area contributed by atoms with E-state index < -0.39 is 0 Å². The zero-order chi connectivity index (χ0) is 12.0. The van der Waals surface area contributed by atoms with Gasteiger partial charge in [-0.2, -0.15) is 0 Å². The summed E-state index contributed by atoms with van der Waals surface area (Å²) in [5.74, 6) is 3.68. The highest BCUT2D eigenvalue weighted by atomic mass is 16.5. The third kappa shape index (κ3) is 3.03. The molecule has 0 spiro atoms. The minimum Gasteiger partial charge on any atom is -0.493 e. The van der Waals surface area contributed by atoms with Crippen molar-refractivity contribution < 1.29 is 4.74 Å². The summed E-state index contributed by atoms with van der Waals surface area (Å²) >= 11 is 0. The van der Waals surface area contributed by atoms with Crippen LogP contribution in [0.3, 0.4) is 0 Å². The van der Waals surface area contributed by atoms with Crippen LogP contribution in [-0.4, -0.2) is 6.61 Å². The molecule has 0 unspecified atom stereocenters. The van der Waals surface area contributed by atoms with E-state index in [9.17, 15) is 0 Å². The molecule has 86 valence electrons. The smallest absolute Gasteiger partial charge is 0.122 e. The van der Waals surface area contributed by atoms with Crippen molar-refractivity contribution in [2.24, 2.45) is 0 Å². The Morgan fingerprint density at radius 1 is 1.25 bits per heavy atom. The van der Waals surface area contributed by atoms with Crippen molar-refractivity contribution in [3.8, 4) is 18.1 Å². The molecule has 1 aromatic rings. The van der Waals surface area contributed by atoms with Crippen molar-refractivity contribution in [1.82, 2.24) is 0 Å². The molecule has 1 rings (SSSR count). The van der Waals surface area contributed by atoms with E-state index in [1.807, 2.05) is 0 Å². The van der Waals surface area contributed by atoms with E-state index in [0.717, 1.165) is 31.6 Å². The lowest BCUT2D eigenvalue weighted by Crippen LogP contribution is -2.00. The third-order valence-corrected chi connectivity index (χ3v) is 2.85. The van der Waals surface area contributed by atoms with Crippen molar-refractivity contribution in [1.29, 1.82) is 0 Å². The predicted octanol–water partition coefficient (Wildman–Crippen LogP) is 3.66. The number of terminal acetylenes is 1. The third-order valence-electron chi connectivity index (χ3n) is 2.85. The Balaban J connectivity index is 2.86. The Kier molecular flexibility index (Phi) is 4.92. The largest absolute Gasteiger partial charge is 0.493 e. The van der Waals surface area contributed by atoms with Crippen LogP contribution in [0.25, 0.3) is 0 Å². The molecule has 0 aliphatic rings. The summed E-state index contributed by atoms with van der Waals surface area (Å²) in [5, 5.41) is 0. The van der Waals surface area contributed by atoms with Crippen molar-refractivity contribution in [3.63, 3.8) is 0 Å². The average Bonchev–Trinajstić information content (AvgIpc) is 2.30. The maximum Gasteiger partial charge on any atom is 0.122 e. The lowest BCUT2D eigenvalue weighted by atomic mass is 9.99. The van der Waals surface area contributed by atoms with Gasteiger partial charge in [-0.25, -0.2) is 0 Å². The van der Waals surface area contributed by atoms with Gasteiger partial charge in [-0.3, -0.25) is 0 Å². The highest BCUT2D eigenvalue weighted by molar-refractivity contribution is 5.43. The Hall–Kier alpha value is -1.42. The number of benzene rings is 1. The Labute approximate surface area is 98.8 Å². The van der Waals surface area contributed by atoms with Gasteiger partial charge in [0.25, 0.3) is 0 Å². The molecular formula is C15H20O. The first-order valence-corrected chi connectivity index (χ1v) is 5.86. The van der Waals surface area contributed by atoms with Gasteiger partial charge in [-0.05, 0) is 49.4 Å². The van der Waals surface area contributed by atoms with E-state index in [-0.39, 0.29) is 0 Å². The van der Waals surface area contributed by atoms with Gasteiger partial charge in [0.05, 0.1) is 6.61 Å². The highest BCUT2D eigenvalue weighted by Crippen LogP contribution is 2.25. The Bertz CT molecular complexity index is 385. The molecule has 0 amide bonds. The summed E-state index contributed by atoms with van der Waals surface area (Å²) in [6, 6.07) is 4.19. The number of hydrogen-bond acceptors (Lipinski definition) is 1. The maximum absolute atomic E-state index is 5.69.